The van der Waals surface area contributed by atoms with Gasteiger partial charge in [0, 0.05) is 27.7 Å². The molecule has 0 radical (unpaired) electrons. The predicted molar refractivity (Wildman–Crippen MR) is 106 cm³/mol. The first-order valence-corrected chi connectivity index (χ1v) is 9.02. The Kier molecular flexibility index (Phi) is 8.26. The fourth-order valence-electron chi connectivity index (χ4n) is 2.77. The van der Waals surface area contributed by atoms with Gasteiger partial charge < -0.3 is 20.1 Å². The third kappa shape index (κ3) is 6.67. The van der Waals surface area contributed by atoms with E-state index >= 15 is 0 Å². The van der Waals surface area contributed by atoms with Crippen molar-refractivity contribution in [2.45, 2.75) is 24.8 Å². The van der Waals surface area contributed by atoms with Crippen molar-refractivity contribution in [1.82, 2.24) is 15.5 Å². The zero-order valence-electron chi connectivity index (χ0n) is 16.1. The number of urea groups is 1. The number of rotatable bonds is 9. The number of aliphatic hydroxyl groups is 1. The number of nitrogens with zero attached hydrogens (tertiary/aromatic N) is 1. The first-order chi connectivity index (χ1) is 13.0. The van der Waals surface area contributed by atoms with Gasteiger partial charge in [0.05, 0.1) is 12.1 Å². The van der Waals surface area contributed by atoms with Gasteiger partial charge in [0.1, 0.15) is 6.23 Å². The smallest absolute Gasteiger partial charge is 0.317 e. The number of aliphatic hydroxyl groups excluding tert-OH is 1. The number of ether oxygens (including phenoxy) is 1. The van der Waals surface area contributed by atoms with Crippen molar-refractivity contribution in [2.24, 2.45) is 0 Å². The molecule has 6 heteroatoms. The van der Waals surface area contributed by atoms with Gasteiger partial charge in [-0.3, -0.25) is 5.32 Å². The molecule has 0 fully saturated rings. The Morgan fingerprint density at radius 1 is 1.07 bits per heavy atom. The summed E-state index contributed by atoms with van der Waals surface area (Å²) in [4.78, 5) is 13.6. The van der Waals surface area contributed by atoms with E-state index in [0.29, 0.717) is 6.42 Å². The maximum atomic E-state index is 12.1. The van der Waals surface area contributed by atoms with Crippen LogP contribution in [0.25, 0.3) is 0 Å². The molecule has 0 aliphatic rings. The largest absolute Gasteiger partial charge is 0.390 e. The van der Waals surface area contributed by atoms with Gasteiger partial charge in [0.25, 0.3) is 0 Å². The van der Waals surface area contributed by atoms with Crippen molar-refractivity contribution < 1.29 is 14.6 Å². The molecule has 27 heavy (non-hydrogen) atoms. The number of carbonyl (C=O) groups is 1. The van der Waals surface area contributed by atoms with E-state index in [1.54, 1.807) is 21.2 Å². The molecule has 0 saturated carbocycles. The van der Waals surface area contributed by atoms with Crippen LogP contribution in [0, 0.1) is 0 Å². The van der Waals surface area contributed by atoms with Crippen LogP contribution >= 0.6 is 0 Å². The van der Waals surface area contributed by atoms with E-state index in [1.165, 1.54) is 4.90 Å². The number of benzene rings is 2. The molecule has 3 atom stereocenters. The molecule has 0 aliphatic carbocycles. The minimum atomic E-state index is -0.782. The van der Waals surface area contributed by atoms with Gasteiger partial charge in [-0.05, 0) is 17.5 Å². The van der Waals surface area contributed by atoms with Gasteiger partial charge in [0.15, 0.2) is 0 Å². The topological polar surface area (TPSA) is 73.8 Å². The van der Waals surface area contributed by atoms with E-state index in [-0.39, 0.29) is 18.8 Å². The second-order valence-corrected chi connectivity index (χ2v) is 6.64. The van der Waals surface area contributed by atoms with Crippen molar-refractivity contribution in [3.63, 3.8) is 0 Å². The summed E-state index contributed by atoms with van der Waals surface area (Å²) in [5.41, 5.74) is 2.02. The molecule has 1 unspecified atom stereocenters. The van der Waals surface area contributed by atoms with E-state index in [4.69, 9.17) is 4.74 Å². The van der Waals surface area contributed by atoms with Crippen LogP contribution in [-0.2, 0) is 11.2 Å². The number of carbonyl (C=O) groups excluding carboxylic acids is 1. The fourth-order valence-corrected chi connectivity index (χ4v) is 2.77. The number of hydrogen-bond acceptors (Lipinski definition) is 4. The average Bonchev–Trinajstić information content (AvgIpc) is 2.69. The number of methoxy groups -OCH3 is 1. The molecule has 0 spiro atoms. The summed E-state index contributed by atoms with van der Waals surface area (Å²) < 4.78 is 5.49. The minimum absolute atomic E-state index is 0.235. The summed E-state index contributed by atoms with van der Waals surface area (Å²) in [6.45, 7) is 0.276. The van der Waals surface area contributed by atoms with Crippen LogP contribution in [0.1, 0.15) is 17.4 Å². The Balaban J connectivity index is 2.03. The standard InChI is InChI=1S/C21H29N3O3/c1-24(2)21(26)23-18(14-16-10-6-4-7-11-16)19(25)15-22-20(27-3)17-12-8-5-9-13-17/h4-13,18-20,22,25H,14-15H2,1-3H3,(H,23,26)/t18-,19+,20?/m0/s1. The molecular weight excluding hydrogens is 342 g/mol. The summed E-state index contributed by atoms with van der Waals surface area (Å²) in [5.74, 6) is 0. The number of nitrogens with one attached hydrogen (secondary N) is 2. The third-order valence-electron chi connectivity index (χ3n) is 4.33. The molecule has 2 aromatic rings. The van der Waals surface area contributed by atoms with Crippen LogP contribution in [0.2, 0.25) is 0 Å². The lowest BCUT2D eigenvalue weighted by Crippen LogP contribution is -2.51. The Labute approximate surface area is 161 Å². The molecule has 0 heterocycles. The lowest BCUT2D eigenvalue weighted by atomic mass is 10.0. The Hall–Kier alpha value is -2.41. The highest BCUT2D eigenvalue weighted by molar-refractivity contribution is 5.73. The van der Waals surface area contributed by atoms with Crippen molar-refractivity contribution in [3.8, 4) is 0 Å². The molecule has 3 N–H and O–H groups in total. The Morgan fingerprint density at radius 2 is 1.67 bits per heavy atom. The van der Waals surface area contributed by atoms with Gasteiger partial charge in [-0.2, -0.15) is 0 Å². The molecular formula is C21H29N3O3. The fraction of sp³-hybridized carbons (Fsp3) is 0.381. The van der Waals surface area contributed by atoms with Crippen molar-refractivity contribution >= 4 is 6.03 Å². The van der Waals surface area contributed by atoms with Gasteiger partial charge >= 0.3 is 6.03 Å². The van der Waals surface area contributed by atoms with Crippen LogP contribution in [-0.4, -0.2) is 55.9 Å². The monoisotopic (exact) mass is 371 g/mol. The van der Waals surface area contributed by atoms with Gasteiger partial charge in [-0.15, -0.1) is 0 Å². The van der Waals surface area contributed by atoms with Gasteiger partial charge in [-0.25, -0.2) is 4.79 Å². The molecule has 2 aromatic carbocycles. The summed E-state index contributed by atoms with van der Waals surface area (Å²) in [6.07, 6.45) is -0.579. The van der Waals surface area contributed by atoms with Crippen LogP contribution in [0.15, 0.2) is 60.7 Å². The maximum Gasteiger partial charge on any atom is 0.317 e. The van der Waals surface area contributed by atoms with Crippen LogP contribution < -0.4 is 10.6 Å². The second kappa shape index (κ2) is 10.7. The van der Waals surface area contributed by atoms with Gasteiger partial charge in [0.2, 0.25) is 0 Å². The van der Waals surface area contributed by atoms with Crippen LogP contribution in [0.4, 0.5) is 4.79 Å². The predicted octanol–water partition coefficient (Wildman–Crippen LogP) is 2.16. The lowest BCUT2D eigenvalue weighted by molar-refractivity contribution is 0.0492. The highest BCUT2D eigenvalue weighted by Crippen LogP contribution is 2.13. The molecule has 6 nitrogen and oxygen atoms in total. The first-order valence-electron chi connectivity index (χ1n) is 9.02. The Morgan fingerprint density at radius 3 is 2.22 bits per heavy atom. The van der Waals surface area contributed by atoms with E-state index in [1.807, 2.05) is 60.7 Å². The minimum Gasteiger partial charge on any atom is -0.390 e. The maximum absolute atomic E-state index is 12.1. The average molecular weight is 371 g/mol. The molecule has 0 saturated heterocycles. The highest BCUT2D eigenvalue weighted by Gasteiger charge is 2.23. The first kappa shape index (κ1) is 20.9. The third-order valence-corrected chi connectivity index (χ3v) is 4.33. The van der Waals surface area contributed by atoms with Gasteiger partial charge in [-0.1, -0.05) is 60.7 Å². The number of hydrogen-bond donors (Lipinski definition) is 3. The Bertz CT molecular complexity index is 680. The normalized spacial score (nSPS) is 14.2. The van der Waals surface area contributed by atoms with E-state index < -0.39 is 12.1 Å². The summed E-state index contributed by atoms with van der Waals surface area (Å²) in [6, 6.07) is 18.9. The van der Waals surface area contributed by atoms with Crippen molar-refractivity contribution in [2.75, 3.05) is 27.7 Å². The molecule has 146 valence electrons. The lowest BCUT2D eigenvalue weighted by Gasteiger charge is -2.28. The highest BCUT2D eigenvalue weighted by atomic mass is 16.5. The summed E-state index contributed by atoms with van der Waals surface area (Å²) >= 11 is 0. The van der Waals surface area contributed by atoms with E-state index in [2.05, 4.69) is 10.6 Å². The molecule has 0 bridgehead atoms. The second-order valence-electron chi connectivity index (χ2n) is 6.64. The number of amides is 2. The molecule has 2 rings (SSSR count). The van der Waals surface area contributed by atoms with E-state index in [9.17, 15) is 9.90 Å². The summed E-state index contributed by atoms with van der Waals surface area (Å²) in [5, 5.41) is 16.9. The zero-order valence-corrected chi connectivity index (χ0v) is 16.1. The molecule has 0 aromatic heterocycles. The van der Waals surface area contributed by atoms with Crippen LogP contribution in [0.3, 0.4) is 0 Å². The van der Waals surface area contributed by atoms with E-state index in [0.717, 1.165) is 11.1 Å². The van der Waals surface area contributed by atoms with Crippen molar-refractivity contribution in [3.05, 3.63) is 71.8 Å². The SMILES string of the molecule is COC(NC[C@@H](O)[C@H](Cc1ccccc1)NC(=O)N(C)C)c1ccccc1. The molecule has 2 amide bonds. The zero-order chi connectivity index (χ0) is 19.6. The molecule has 0 aliphatic heterocycles. The summed E-state index contributed by atoms with van der Waals surface area (Å²) in [7, 11) is 4.97. The van der Waals surface area contributed by atoms with Crippen LogP contribution in [0.5, 0.6) is 0 Å². The van der Waals surface area contributed by atoms with Crippen molar-refractivity contribution in [1.29, 1.82) is 0 Å². The quantitative estimate of drug-likeness (QED) is 0.591.